The first-order valence-corrected chi connectivity index (χ1v) is 9.69. The monoisotopic (exact) mass is 417 g/mol. The molecule has 7 heteroatoms. The highest BCUT2D eigenvalue weighted by molar-refractivity contribution is 6.39. The maximum absolute atomic E-state index is 13.3. The van der Waals surface area contributed by atoms with Gasteiger partial charge in [-0.1, -0.05) is 12.1 Å². The van der Waals surface area contributed by atoms with Crippen LogP contribution in [-0.2, 0) is 9.59 Å². The van der Waals surface area contributed by atoms with Crippen molar-refractivity contribution in [2.24, 2.45) is 0 Å². The quantitative estimate of drug-likeness (QED) is 0.513. The second kappa shape index (κ2) is 7.68. The molecule has 1 N–H and O–H groups in total. The summed E-state index contributed by atoms with van der Waals surface area (Å²) in [6.07, 6.45) is 1.48. The van der Waals surface area contributed by atoms with Crippen molar-refractivity contribution in [2.75, 3.05) is 4.90 Å². The Balaban J connectivity index is 1.76. The molecule has 0 radical (unpaired) electrons. The molecule has 0 saturated carbocycles. The molecule has 4 amide bonds. The first kappa shape index (κ1) is 20.3. The number of carbonyl (C=O) groups excluding carboxylic acids is 3. The summed E-state index contributed by atoms with van der Waals surface area (Å²) in [4.78, 5) is 38.6. The number of carbonyl (C=O) groups is 3. The maximum Gasteiger partial charge on any atom is 0.335 e. The number of aromatic nitrogens is 1. The summed E-state index contributed by atoms with van der Waals surface area (Å²) in [5.41, 5.74) is 4.56. The van der Waals surface area contributed by atoms with Crippen LogP contribution < -0.4 is 10.2 Å². The number of imide groups is 2. The number of nitrogens with zero attached hydrogens (tertiary/aromatic N) is 2. The zero-order valence-corrected chi connectivity index (χ0v) is 17.3. The smallest absolute Gasteiger partial charge is 0.318 e. The Labute approximate surface area is 178 Å². The molecule has 1 saturated heterocycles. The van der Waals surface area contributed by atoms with Crippen molar-refractivity contribution in [3.05, 3.63) is 88.5 Å². The Hall–Kier alpha value is -4.00. The van der Waals surface area contributed by atoms with Crippen molar-refractivity contribution in [1.29, 1.82) is 0 Å². The van der Waals surface area contributed by atoms with Crippen molar-refractivity contribution < 1.29 is 18.8 Å². The van der Waals surface area contributed by atoms with E-state index in [1.807, 2.05) is 55.7 Å². The van der Waals surface area contributed by atoms with Crippen molar-refractivity contribution >= 4 is 29.6 Å². The summed E-state index contributed by atoms with van der Waals surface area (Å²) in [7, 11) is 0. The molecule has 2 heterocycles. The Kier molecular flexibility index (Phi) is 5.02. The first-order chi connectivity index (χ1) is 14.8. The SMILES string of the molecule is Cc1cccc(-n2c(C)cc(/C=C3\C(=O)NC(=O)N(c4ccc(F)cc4)C3=O)c2C)c1. The molecule has 4 rings (SSSR count). The Bertz CT molecular complexity index is 1260. The van der Waals surface area contributed by atoms with Gasteiger partial charge in [0.2, 0.25) is 0 Å². The predicted octanol–water partition coefficient (Wildman–Crippen LogP) is 4.21. The van der Waals surface area contributed by atoms with Crippen LogP contribution in [0, 0.1) is 26.6 Å². The van der Waals surface area contributed by atoms with Crippen LogP contribution in [0.3, 0.4) is 0 Å². The van der Waals surface area contributed by atoms with Crippen molar-refractivity contribution in [1.82, 2.24) is 9.88 Å². The van der Waals surface area contributed by atoms with Crippen LogP contribution in [0.5, 0.6) is 0 Å². The fourth-order valence-electron chi connectivity index (χ4n) is 3.74. The molecule has 1 aliphatic rings. The molecule has 1 fully saturated rings. The van der Waals surface area contributed by atoms with E-state index in [9.17, 15) is 18.8 Å². The minimum absolute atomic E-state index is 0.173. The van der Waals surface area contributed by atoms with Gasteiger partial charge in [0.1, 0.15) is 11.4 Å². The number of aryl methyl sites for hydroxylation is 2. The van der Waals surface area contributed by atoms with Gasteiger partial charge in [-0.25, -0.2) is 14.1 Å². The standard InChI is InChI=1S/C24H20FN3O3/c1-14-5-4-6-20(11-14)27-15(2)12-17(16(27)3)13-21-22(29)26-24(31)28(23(21)30)19-9-7-18(25)8-10-19/h4-13H,1-3H3,(H,26,29,31)/b21-13+. The Morgan fingerprint density at radius 3 is 2.29 bits per heavy atom. The molecule has 156 valence electrons. The van der Waals surface area contributed by atoms with Gasteiger partial charge in [0.05, 0.1) is 5.69 Å². The number of hydrogen-bond donors (Lipinski definition) is 1. The van der Waals surface area contributed by atoms with Gasteiger partial charge < -0.3 is 4.57 Å². The Morgan fingerprint density at radius 1 is 0.903 bits per heavy atom. The third kappa shape index (κ3) is 3.66. The van der Waals surface area contributed by atoms with Crippen LogP contribution in [0.1, 0.15) is 22.5 Å². The summed E-state index contributed by atoms with van der Waals surface area (Å²) in [6, 6.07) is 13.9. The number of halogens is 1. The fourth-order valence-corrected chi connectivity index (χ4v) is 3.74. The predicted molar refractivity (Wildman–Crippen MR) is 115 cm³/mol. The highest BCUT2D eigenvalue weighted by Gasteiger charge is 2.37. The summed E-state index contributed by atoms with van der Waals surface area (Å²) in [5, 5.41) is 2.18. The van der Waals surface area contributed by atoms with Gasteiger partial charge in [0.15, 0.2) is 0 Å². The van der Waals surface area contributed by atoms with E-state index >= 15 is 0 Å². The molecular formula is C24H20FN3O3. The zero-order valence-electron chi connectivity index (χ0n) is 17.3. The van der Waals surface area contributed by atoms with E-state index in [4.69, 9.17) is 0 Å². The number of anilines is 1. The lowest BCUT2D eigenvalue weighted by atomic mass is 10.1. The van der Waals surface area contributed by atoms with E-state index in [0.29, 0.717) is 5.56 Å². The zero-order chi connectivity index (χ0) is 22.3. The van der Waals surface area contributed by atoms with Gasteiger partial charge in [0.25, 0.3) is 11.8 Å². The summed E-state index contributed by atoms with van der Waals surface area (Å²) in [6.45, 7) is 5.84. The third-order valence-corrected chi connectivity index (χ3v) is 5.22. The van der Waals surface area contributed by atoms with Gasteiger partial charge >= 0.3 is 6.03 Å². The second-order valence-electron chi connectivity index (χ2n) is 7.44. The number of amides is 4. The molecule has 6 nitrogen and oxygen atoms in total. The highest BCUT2D eigenvalue weighted by Crippen LogP contribution is 2.26. The van der Waals surface area contributed by atoms with E-state index in [-0.39, 0.29) is 11.3 Å². The number of barbiturate groups is 1. The summed E-state index contributed by atoms with van der Waals surface area (Å²) >= 11 is 0. The van der Waals surface area contributed by atoms with Crippen molar-refractivity contribution in [2.45, 2.75) is 20.8 Å². The van der Waals surface area contributed by atoms with Crippen molar-refractivity contribution in [3.63, 3.8) is 0 Å². The minimum atomic E-state index is -0.871. The Morgan fingerprint density at radius 2 is 1.61 bits per heavy atom. The molecular weight excluding hydrogens is 397 g/mol. The molecule has 1 aliphatic heterocycles. The third-order valence-electron chi connectivity index (χ3n) is 5.22. The summed E-state index contributed by atoms with van der Waals surface area (Å²) in [5.74, 6) is -2.03. The molecule has 0 aliphatic carbocycles. The van der Waals surface area contributed by atoms with Crippen LogP contribution in [0.15, 0.2) is 60.2 Å². The largest absolute Gasteiger partial charge is 0.335 e. The number of rotatable bonds is 3. The van der Waals surface area contributed by atoms with Gasteiger partial charge in [-0.15, -0.1) is 0 Å². The van der Waals surface area contributed by atoms with Crippen LogP contribution in [0.2, 0.25) is 0 Å². The van der Waals surface area contributed by atoms with E-state index < -0.39 is 23.7 Å². The average molecular weight is 417 g/mol. The highest BCUT2D eigenvalue weighted by atomic mass is 19.1. The lowest BCUT2D eigenvalue weighted by Gasteiger charge is -2.26. The molecule has 3 aromatic rings. The molecule has 0 unspecified atom stereocenters. The number of urea groups is 1. The molecule has 0 bridgehead atoms. The normalized spacial score (nSPS) is 15.5. The van der Waals surface area contributed by atoms with Gasteiger partial charge in [0, 0.05) is 17.1 Å². The second-order valence-corrected chi connectivity index (χ2v) is 7.44. The van der Waals surface area contributed by atoms with Crippen LogP contribution >= 0.6 is 0 Å². The van der Waals surface area contributed by atoms with Crippen LogP contribution in [0.25, 0.3) is 11.8 Å². The van der Waals surface area contributed by atoms with Gasteiger partial charge in [-0.3, -0.25) is 14.9 Å². The van der Waals surface area contributed by atoms with E-state index in [1.54, 1.807) is 0 Å². The number of nitrogens with one attached hydrogen (secondary N) is 1. The van der Waals surface area contributed by atoms with Gasteiger partial charge in [-0.05, 0) is 80.4 Å². The molecule has 0 atom stereocenters. The average Bonchev–Trinajstić information content (AvgIpc) is 2.99. The van der Waals surface area contributed by atoms with Gasteiger partial charge in [-0.2, -0.15) is 0 Å². The van der Waals surface area contributed by atoms with E-state index in [0.717, 1.165) is 39.7 Å². The molecule has 2 aromatic carbocycles. The maximum atomic E-state index is 13.3. The van der Waals surface area contributed by atoms with Crippen LogP contribution in [-0.4, -0.2) is 22.4 Å². The lowest BCUT2D eigenvalue weighted by Crippen LogP contribution is -2.54. The first-order valence-electron chi connectivity index (χ1n) is 9.69. The van der Waals surface area contributed by atoms with Crippen molar-refractivity contribution in [3.8, 4) is 5.69 Å². The molecule has 1 aromatic heterocycles. The lowest BCUT2D eigenvalue weighted by molar-refractivity contribution is -0.122. The fraction of sp³-hybridized carbons (Fsp3) is 0.125. The van der Waals surface area contributed by atoms with E-state index in [2.05, 4.69) is 5.32 Å². The summed E-state index contributed by atoms with van der Waals surface area (Å²) < 4.78 is 15.3. The molecule has 0 spiro atoms. The van der Waals surface area contributed by atoms with Crippen LogP contribution in [0.4, 0.5) is 14.9 Å². The molecule has 31 heavy (non-hydrogen) atoms. The number of benzene rings is 2. The van der Waals surface area contributed by atoms with E-state index in [1.165, 1.54) is 18.2 Å². The number of hydrogen-bond acceptors (Lipinski definition) is 3. The minimum Gasteiger partial charge on any atom is -0.318 e. The topological polar surface area (TPSA) is 71.4 Å².